The molecule has 2 N–H and O–H groups in total. The summed E-state index contributed by atoms with van der Waals surface area (Å²) in [6.07, 6.45) is 2.56. The zero-order valence-electron chi connectivity index (χ0n) is 13.1. The molecule has 1 atom stereocenters. The molecule has 8 heteroatoms. The van der Waals surface area contributed by atoms with Crippen LogP contribution in [0.4, 0.5) is 0 Å². The number of unbranched alkanes of at least 4 members (excludes halogenated alkanes) is 1. The van der Waals surface area contributed by atoms with E-state index >= 15 is 0 Å². The fraction of sp³-hybridized carbons (Fsp3) is 0.467. The zero-order valence-corrected chi connectivity index (χ0v) is 13.9. The molecular formula is C15H21NO6S. The Morgan fingerprint density at radius 3 is 2.35 bits per heavy atom. The summed E-state index contributed by atoms with van der Waals surface area (Å²) in [5, 5.41) is 11.0. The van der Waals surface area contributed by atoms with Crippen LogP contribution in [0.2, 0.25) is 0 Å². The Balaban J connectivity index is 2.25. The van der Waals surface area contributed by atoms with E-state index in [2.05, 4.69) is 5.32 Å². The van der Waals surface area contributed by atoms with Crippen molar-refractivity contribution in [3.05, 3.63) is 24.3 Å². The molecule has 1 rings (SSSR count). The van der Waals surface area contributed by atoms with Gasteiger partial charge in [-0.25, -0.2) is 8.42 Å². The van der Waals surface area contributed by atoms with Crippen LogP contribution in [-0.4, -0.2) is 44.3 Å². The van der Waals surface area contributed by atoms with E-state index in [1.165, 1.54) is 19.1 Å². The van der Waals surface area contributed by atoms with Crippen LogP contribution in [0.25, 0.3) is 0 Å². The maximum Gasteiger partial charge on any atom is 0.325 e. The second-order valence-corrected chi connectivity index (χ2v) is 7.19. The van der Waals surface area contributed by atoms with Gasteiger partial charge in [0.05, 0.1) is 11.5 Å². The number of hydrogen-bond acceptors (Lipinski definition) is 5. The zero-order chi connectivity index (χ0) is 17.5. The van der Waals surface area contributed by atoms with E-state index in [1.54, 1.807) is 12.1 Å². The van der Waals surface area contributed by atoms with Crippen molar-refractivity contribution in [2.75, 3.05) is 12.9 Å². The van der Waals surface area contributed by atoms with Crippen molar-refractivity contribution >= 4 is 21.7 Å². The van der Waals surface area contributed by atoms with E-state index in [0.717, 1.165) is 6.26 Å². The fourth-order valence-electron chi connectivity index (χ4n) is 1.74. The Hall–Kier alpha value is -2.09. The summed E-state index contributed by atoms with van der Waals surface area (Å²) in [7, 11) is -3.22. The van der Waals surface area contributed by atoms with Crippen LogP contribution < -0.4 is 10.1 Å². The molecule has 0 unspecified atom stereocenters. The van der Waals surface area contributed by atoms with Gasteiger partial charge in [-0.15, -0.1) is 0 Å². The predicted molar refractivity (Wildman–Crippen MR) is 84.1 cm³/mol. The normalized spacial score (nSPS) is 12.4. The number of carboxylic acids is 1. The lowest BCUT2D eigenvalue weighted by Gasteiger charge is -2.09. The molecule has 0 spiro atoms. The van der Waals surface area contributed by atoms with Gasteiger partial charge in [0.25, 0.3) is 0 Å². The highest BCUT2D eigenvalue weighted by Gasteiger charge is 2.13. The van der Waals surface area contributed by atoms with E-state index in [9.17, 15) is 18.0 Å². The molecule has 1 aromatic carbocycles. The molecule has 0 aliphatic heterocycles. The van der Waals surface area contributed by atoms with Gasteiger partial charge in [-0.1, -0.05) is 0 Å². The van der Waals surface area contributed by atoms with Crippen LogP contribution in [0.3, 0.4) is 0 Å². The summed E-state index contributed by atoms with van der Waals surface area (Å²) >= 11 is 0. The van der Waals surface area contributed by atoms with Crippen molar-refractivity contribution in [1.82, 2.24) is 5.32 Å². The third-order valence-electron chi connectivity index (χ3n) is 3.07. The van der Waals surface area contributed by atoms with Gasteiger partial charge in [-0.2, -0.15) is 0 Å². The highest BCUT2D eigenvalue weighted by Crippen LogP contribution is 2.16. The second-order valence-electron chi connectivity index (χ2n) is 5.18. The average molecular weight is 343 g/mol. The highest BCUT2D eigenvalue weighted by atomic mass is 32.2. The molecule has 0 radical (unpaired) electrons. The highest BCUT2D eigenvalue weighted by molar-refractivity contribution is 7.90. The molecule has 0 aliphatic carbocycles. The molecule has 0 fully saturated rings. The summed E-state index contributed by atoms with van der Waals surface area (Å²) in [4.78, 5) is 22.3. The van der Waals surface area contributed by atoms with Crippen molar-refractivity contribution < 1.29 is 27.9 Å². The largest absolute Gasteiger partial charge is 0.494 e. The van der Waals surface area contributed by atoms with Crippen LogP contribution in [0, 0.1) is 0 Å². The van der Waals surface area contributed by atoms with Gasteiger partial charge in [0.1, 0.15) is 11.8 Å². The van der Waals surface area contributed by atoms with Gasteiger partial charge < -0.3 is 15.2 Å². The number of nitrogens with one attached hydrogen (secondary N) is 1. The standard InChI is InChI=1S/C15H21NO6S/c1-11(15(18)19)16-14(17)5-3-4-10-22-12-6-8-13(9-7-12)23(2,20)21/h6-9,11H,3-5,10H2,1-2H3,(H,16,17)(H,18,19)/t11-/m1/s1. The lowest BCUT2D eigenvalue weighted by atomic mass is 10.2. The first-order valence-electron chi connectivity index (χ1n) is 7.15. The summed E-state index contributed by atoms with van der Waals surface area (Å²) in [6.45, 7) is 1.80. The monoisotopic (exact) mass is 343 g/mol. The third kappa shape index (κ3) is 7.14. The van der Waals surface area contributed by atoms with Crippen LogP contribution >= 0.6 is 0 Å². The molecule has 0 bridgehead atoms. The third-order valence-corrected chi connectivity index (χ3v) is 4.20. The number of rotatable bonds is 9. The SMILES string of the molecule is C[C@@H](NC(=O)CCCCOc1ccc(S(C)(=O)=O)cc1)C(=O)O. The first-order chi connectivity index (χ1) is 10.7. The second kappa shape index (κ2) is 8.52. The molecule has 0 heterocycles. The minimum Gasteiger partial charge on any atom is -0.494 e. The number of carboxylic acid groups (broad SMARTS) is 1. The van der Waals surface area contributed by atoms with Gasteiger partial charge in [0, 0.05) is 12.7 Å². The Morgan fingerprint density at radius 1 is 1.22 bits per heavy atom. The lowest BCUT2D eigenvalue weighted by molar-refractivity contribution is -0.141. The van der Waals surface area contributed by atoms with Crippen molar-refractivity contribution in [3.63, 3.8) is 0 Å². The first kappa shape index (κ1) is 19.0. The van der Waals surface area contributed by atoms with E-state index < -0.39 is 21.8 Å². The quantitative estimate of drug-likeness (QED) is 0.653. The molecule has 0 saturated carbocycles. The Morgan fingerprint density at radius 2 is 1.83 bits per heavy atom. The molecule has 128 valence electrons. The molecule has 0 aliphatic rings. The number of amides is 1. The molecule has 0 saturated heterocycles. The minimum absolute atomic E-state index is 0.230. The molecule has 0 aromatic heterocycles. The van der Waals surface area contributed by atoms with Gasteiger partial charge in [-0.3, -0.25) is 9.59 Å². The number of carbonyl (C=O) groups excluding carboxylic acids is 1. The molecule has 7 nitrogen and oxygen atoms in total. The average Bonchev–Trinajstić information content (AvgIpc) is 2.46. The predicted octanol–water partition coefficient (Wildman–Crippen LogP) is 1.23. The van der Waals surface area contributed by atoms with E-state index in [0.29, 0.717) is 25.2 Å². The first-order valence-corrected chi connectivity index (χ1v) is 9.04. The smallest absolute Gasteiger partial charge is 0.325 e. The molecular weight excluding hydrogens is 322 g/mol. The van der Waals surface area contributed by atoms with Gasteiger partial charge >= 0.3 is 5.97 Å². The topological polar surface area (TPSA) is 110 Å². The number of ether oxygens (including phenoxy) is 1. The van der Waals surface area contributed by atoms with Crippen LogP contribution in [-0.2, 0) is 19.4 Å². The Labute approximate surface area is 135 Å². The number of benzene rings is 1. The summed E-state index contributed by atoms with van der Waals surface area (Å²) in [5.41, 5.74) is 0. The van der Waals surface area contributed by atoms with E-state index in [-0.39, 0.29) is 17.2 Å². The Kier molecular flexibility index (Phi) is 7.02. The van der Waals surface area contributed by atoms with Crippen LogP contribution in [0.15, 0.2) is 29.2 Å². The van der Waals surface area contributed by atoms with Crippen molar-refractivity contribution in [2.45, 2.75) is 37.1 Å². The summed E-state index contributed by atoms with van der Waals surface area (Å²) < 4.78 is 28.1. The number of carbonyl (C=O) groups is 2. The van der Waals surface area contributed by atoms with Gasteiger partial charge in [0.2, 0.25) is 5.91 Å². The lowest BCUT2D eigenvalue weighted by Crippen LogP contribution is -2.38. The van der Waals surface area contributed by atoms with Crippen molar-refractivity contribution in [1.29, 1.82) is 0 Å². The van der Waals surface area contributed by atoms with Gasteiger partial charge in [-0.05, 0) is 44.0 Å². The minimum atomic E-state index is -3.22. The Bertz CT molecular complexity index is 638. The maximum atomic E-state index is 11.5. The number of sulfone groups is 1. The van der Waals surface area contributed by atoms with Crippen molar-refractivity contribution in [3.8, 4) is 5.75 Å². The van der Waals surface area contributed by atoms with E-state index in [1.807, 2.05) is 0 Å². The van der Waals surface area contributed by atoms with Gasteiger partial charge in [0.15, 0.2) is 9.84 Å². The maximum absolute atomic E-state index is 11.5. The number of hydrogen-bond donors (Lipinski definition) is 2. The van der Waals surface area contributed by atoms with Crippen LogP contribution in [0.1, 0.15) is 26.2 Å². The van der Waals surface area contributed by atoms with Crippen LogP contribution in [0.5, 0.6) is 5.75 Å². The summed E-state index contributed by atoms with van der Waals surface area (Å²) in [5.74, 6) is -0.821. The van der Waals surface area contributed by atoms with E-state index in [4.69, 9.17) is 9.84 Å². The molecule has 1 aromatic rings. The summed E-state index contributed by atoms with van der Waals surface area (Å²) in [6, 6.07) is 5.22. The number of aliphatic carboxylic acids is 1. The fourth-order valence-corrected chi connectivity index (χ4v) is 2.37. The van der Waals surface area contributed by atoms with Crippen molar-refractivity contribution in [2.24, 2.45) is 0 Å². The molecule has 1 amide bonds. The molecule has 23 heavy (non-hydrogen) atoms.